The van der Waals surface area contributed by atoms with Crippen molar-refractivity contribution >= 4 is 23.5 Å². The third-order valence-electron chi connectivity index (χ3n) is 4.09. The average Bonchev–Trinajstić information content (AvgIpc) is 2.61. The lowest BCUT2D eigenvalue weighted by molar-refractivity contribution is -0.684. The number of carboxylic acid groups (broad SMARTS) is 1. The molecule has 0 unspecified atom stereocenters. The highest BCUT2D eigenvalue weighted by molar-refractivity contribution is 5.89. The molecule has 27 heavy (non-hydrogen) atoms. The van der Waals surface area contributed by atoms with Gasteiger partial charge in [-0.1, -0.05) is 0 Å². The monoisotopic (exact) mass is 381 g/mol. The van der Waals surface area contributed by atoms with E-state index in [2.05, 4.69) is 16.4 Å². The number of nitrogens with zero attached hydrogens (tertiary/aromatic N) is 2. The molecule has 0 bridgehead atoms. The number of aliphatic carboxylic acids is 1. The number of amides is 2. The van der Waals surface area contributed by atoms with Crippen LogP contribution in [-0.4, -0.2) is 55.6 Å². The summed E-state index contributed by atoms with van der Waals surface area (Å²) in [6, 6.07) is 1.99. The maximum Gasteiger partial charge on any atom is 0.325 e. The predicted molar refractivity (Wildman–Crippen MR) is 99.7 cm³/mol. The van der Waals surface area contributed by atoms with Crippen molar-refractivity contribution < 1.29 is 29.8 Å². The number of hydrogen-bond acceptors (Lipinski definition) is 4. The zero-order valence-corrected chi connectivity index (χ0v) is 16.3. The van der Waals surface area contributed by atoms with Gasteiger partial charge in [-0.2, -0.15) is 4.57 Å². The summed E-state index contributed by atoms with van der Waals surface area (Å²) < 4.78 is 1.72. The number of rotatable bonds is 11. The van der Waals surface area contributed by atoms with Gasteiger partial charge in [0.15, 0.2) is 12.4 Å². The van der Waals surface area contributed by atoms with Gasteiger partial charge in [0.1, 0.15) is 12.1 Å². The van der Waals surface area contributed by atoms with E-state index in [4.69, 9.17) is 5.11 Å². The molecule has 150 valence electrons. The number of quaternary nitrogens is 1. The molecule has 6 N–H and O–H groups in total. The van der Waals surface area contributed by atoms with E-state index < -0.39 is 24.0 Å². The van der Waals surface area contributed by atoms with Crippen molar-refractivity contribution in [2.75, 3.05) is 25.5 Å². The normalized spacial score (nSPS) is 12.7. The summed E-state index contributed by atoms with van der Waals surface area (Å²) >= 11 is 0. The fraction of sp³-hybridized carbons (Fsp3) is 0.556. The first-order valence-corrected chi connectivity index (χ1v) is 9.02. The molecule has 0 aromatic carbocycles. The highest BCUT2D eigenvalue weighted by Crippen LogP contribution is 2.06. The fourth-order valence-electron chi connectivity index (χ4n) is 2.43. The minimum atomic E-state index is -1.12. The van der Waals surface area contributed by atoms with Crippen LogP contribution in [0.5, 0.6) is 0 Å². The minimum Gasteiger partial charge on any atom is -0.480 e. The largest absolute Gasteiger partial charge is 0.480 e. The van der Waals surface area contributed by atoms with Crippen LogP contribution in [0.4, 0.5) is 5.69 Å². The number of pyridine rings is 1. The lowest BCUT2D eigenvalue weighted by Crippen LogP contribution is -2.53. The van der Waals surface area contributed by atoms with Gasteiger partial charge in [0, 0.05) is 31.9 Å². The number of nitrogens with one attached hydrogen (secondary N) is 2. The molecule has 2 atom stereocenters. The summed E-state index contributed by atoms with van der Waals surface area (Å²) in [7, 11) is 3.86. The highest BCUT2D eigenvalue weighted by atomic mass is 16.4. The van der Waals surface area contributed by atoms with E-state index in [0.29, 0.717) is 12.8 Å². The summed E-state index contributed by atoms with van der Waals surface area (Å²) in [5.41, 5.74) is 4.78. The van der Waals surface area contributed by atoms with Gasteiger partial charge < -0.3 is 26.4 Å². The molecule has 2 amide bonds. The lowest BCUT2D eigenvalue weighted by atomic mass is 10.1. The molecule has 9 heteroatoms. The molecule has 0 aliphatic rings. The third-order valence-corrected chi connectivity index (χ3v) is 4.09. The molecule has 0 saturated heterocycles. The zero-order chi connectivity index (χ0) is 20.4. The summed E-state index contributed by atoms with van der Waals surface area (Å²) in [6.07, 6.45) is 5.56. The maximum atomic E-state index is 12.3. The first-order valence-electron chi connectivity index (χ1n) is 9.02. The molecule has 1 heterocycles. The summed E-state index contributed by atoms with van der Waals surface area (Å²) in [4.78, 5) is 37.6. The minimum absolute atomic E-state index is 0.0707. The third kappa shape index (κ3) is 8.04. The Kier molecular flexibility index (Phi) is 9.21. The molecular weight excluding hydrogens is 350 g/mol. The van der Waals surface area contributed by atoms with Gasteiger partial charge in [-0.3, -0.25) is 14.4 Å². The number of hydrogen-bond donors (Lipinski definition) is 4. The van der Waals surface area contributed by atoms with E-state index in [1.54, 1.807) is 17.0 Å². The summed E-state index contributed by atoms with van der Waals surface area (Å²) in [5.74, 6) is -1.92. The Morgan fingerprint density at radius 2 is 1.81 bits per heavy atom. The van der Waals surface area contributed by atoms with Crippen molar-refractivity contribution in [1.82, 2.24) is 10.6 Å². The maximum absolute atomic E-state index is 12.3. The molecule has 0 aliphatic heterocycles. The van der Waals surface area contributed by atoms with Crippen LogP contribution >= 0.6 is 0 Å². The Bertz CT molecular complexity index is 633. The van der Waals surface area contributed by atoms with Crippen molar-refractivity contribution in [3.05, 3.63) is 24.5 Å². The van der Waals surface area contributed by atoms with Gasteiger partial charge >= 0.3 is 5.97 Å². The summed E-state index contributed by atoms with van der Waals surface area (Å²) in [5, 5.41) is 14.1. The molecule has 1 rings (SSSR count). The molecule has 0 aliphatic carbocycles. The first kappa shape index (κ1) is 22.4. The predicted octanol–water partition coefficient (Wildman–Crippen LogP) is -1.47. The molecule has 1 aromatic heterocycles. The molecule has 0 spiro atoms. The molecule has 1 aromatic rings. The van der Waals surface area contributed by atoms with Gasteiger partial charge in [0.05, 0.1) is 6.54 Å². The van der Waals surface area contributed by atoms with Crippen LogP contribution < -0.4 is 25.8 Å². The number of aromatic nitrogens is 1. The lowest BCUT2D eigenvalue weighted by Gasteiger charge is -2.19. The quantitative estimate of drug-likeness (QED) is 0.275. The van der Waals surface area contributed by atoms with E-state index in [9.17, 15) is 14.4 Å². The number of carbonyl (C=O) groups is 3. The Balaban J connectivity index is 2.70. The van der Waals surface area contributed by atoms with E-state index in [0.717, 1.165) is 18.7 Å². The smallest absolute Gasteiger partial charge is 0.325 e. The second-order valence-electron chi connectivity index (χ2n) is 6.66. The number of unbranched alkanes of at least 4 members (excludes halogenated alkanes) is 1. The number of anilines is 1. The topological polar surface area (TPSA) is 130 Å². The van der Waals surface area contributed by atoms with Gasteiger partial charge in [-0.25, -0.2) is 0 Å². The first-order chi connectivity index (χ1) is 12.7. The van der Waals surface area contributed by atoms with E-state index >= 15 is 0 Å². The van der Waals surface area contributed by atoms with Crippen LogP contribution in [0.1, 0.15) is 26.2 Å². The molecular formula is C18H31N5O4+2. The van der Waals surface area contributed by atoms with E-state index in [-0.39, 0.29) is 12.5 Å². The highest BCUT2D eigenvalue weighted by Gasteiger charge is 2.25. The Morgan fingerprint density at radius 3 is 2.33 bits per heavy atom. The van der Waals surface area contributed by atoms with Crippen LogP contribution in [0.25, 0.3) is 0 Å². The second-order valence-corrected chi connectivity index (χ2v) is 6.66. The van der Waals surface area contributed by atoms with Crippen LogP contribution in [0, 0.1) is 0 Å². The molecule has 0 fully saturated rings. The zero-order valence-electron chi connectivity index (χ0n) is 16.3. The van der Waals surface area contributed by atoms with Crippen molar-refractivity contribution in [3.8, 4) is 0 Å². The van der Waals surface area contributed by atoms with Crippen molar-refractivity contribution in [2.24, 2.45) is 0 Å². The Hall–Kier alpha value is -2.68. The summed E-state index contributed by atoms with van der Waals surface area (Å²) in [6.45, 7) is 2.19. The van der Waals surface area contributed by atoms with Crippen LogP contribution in [0.2, 0.25) is 0 Å². The van der Waals surface area contributed by atoms with Crippen LogP contribution in [-0.2, 0) is 20.9 Å². The second kappa shape index (κ2) is 11.1. The van der Waals surface area contributed by atoms with E-state index in [1.807, 2.05) is 31.1 Å². The number of carbonyl (C=O) groups excluding carboxylic acids is 2. The fourth-order valence-corrected chi connectivity index (χ4v) is 2.43. The SMILES string of the molecule is C[C@H](NC(=O)[C@H](CCCC[NH3+])NC(=O)C[n+]1ccc(N(C)C)cc1)C(=O)O. The average molecular weight is 381 g/mol. The van der Waals surface area contributed by atoms with E-state index in [1.165, 1.54) is 6.92 Å². The van der Waals surface area contributed by atoms with Crippen LogP contribution in [0.3, 0.4) is 0 Å². The van der Waals surface area contributed by atoms with Gasteiger partial charge in [-0.05, 0) is 26.2 Å². The Labute approximate surface area is 159 Å². The standard InChI is InChI=1S/C18H29N5O4/c1-13(18(26)27)20-17(25)15(6-4-5-9-19)21-16(24)12-23-10-7-14(8-11-23)22(2)3/h7-8,10-11,13,15H,4-6,9,12,19H2,1-3H3,(H2-,20,21,24,25,26,27)/p+2/t13-,15-/m0/s1. The van der Waals surface area contributed by atoms with Crippen molar-refractivity contribution in [1.29, 1.82) is 0 Å². The molecule has 9 nitrogen and oxygen atoms in total. The number of carboxylic acids is 1. The van der Waals surface area contributed by atoms with Gasteiger partial charge in [0.2, 0.25) is 12.5 Å². The molecule has 0 radical (unpaired) electrons. The van der Waals surface area contributed by atoms with Crippen molar-refractivity contribution in [2.45, 2.75) is 44.8 Å². The van der Waals surface area contributed by atoms with Crippen molar-refractivity contribution in [3.63, 3.8) is 0 Å². The van der Waals surface area contributed by atoms with Gasteiger partial charge in [0.25, 0.3) is 5.91 Å². The Morgan fingerprint density at radius 1 is 1.19 bits per heavy atom. The van der Waals surface area contributed by atoms with Crippen LogP contribution in [0.15, 0.2) is 24.5 Å². The van der Waals surface area contributed by atoms with Gasteiger partial charge in [-0.15, -0.1) is 0 Å². The molecule has 0 saturated carbocycles.